The topological polar surface area (TPSA) is 29.5 Å². The van der Waals surface area contributed by atoms with Crippen molar-refractivity contribution in [3.8, 4) is 0 Å². The second kappa shape index (κ2) is 8.00. The molecule has 0 aliphatic rings. The lowest BCUT2D eigenvalue weighted by atomic mass is 10.1. The van der Waals surface area contributed by atoms with Gasteiger partial charge in [-0.05, 0) is 37.4 Å². The standard InChI is InChI=1S/C15H32O2Si/c1-7-8-11-14(16)12-9-10-13-17-18(5,6)15(2,3)4/h10,13-14,16H,7-9,11-12H2,1-6H3/b13-10+. The molecule has 0 aromatic rings. The van der Waals surface area contributed by atoms with E-state index in [2.05, 4.69) is 46.9 Å². The molecule has 0 spiro atoms. The van der Waals surface area contributed by atoms with Gasteiger partial charge in [0, 0.05) is 0 Å². The molecule has 1 N–H and O–H groups in total. The van der Waals surface area contributed by atoms with Crippen molar-refractivity contribution >= 4 is 8.32 Å². The average Bonchev–Trinajstić information content (AvgIpc) is 2.24. The highest BCUT2D eigenvalue weighted by molar-refractivity contribution is 6.74. The maximum atomic E-state index is 9.70. The molecule has 0 aromatic heterocycles. The van der Waals surface area contributed by atoms with Gasteiger partial charge in [-0.25, -0.2) is 0 Å². The lowest BCUT2D eigenvalue weighted by Crippen LogP contribution is -2.39. The van der Waals surface area contributed by atoms with Gasteiger partial charge in [0.25, 0.3) is 0 Å². The van der Waals surface area contributed by atoms with Gasteiger partial charge in [0.15, 0.2) is 0 Å². The molecule has 0 fully saturated rings. The maximum absolute atomic E-state index is 9.70. The van der Waals surface area contributed by atoms with Gasteiger partial charge in [0.05, 0.1) is 12.4 Å². The Balaban J connectivity index is 3.85. The van der Waals surface area contributed by atoms with Gasteiger partial charge < -0.3 is 9.53 Å². The van der Waals surface area contributed by atoms with E-state index in [1.54, 1.807) is 0 Å². The lowest BCUT2D eigenvalue weighted by molar-refractivity contribution is 0.152. The summed E-state index contributed by atoms with van der Waals surface area (Å²) >= 11 is 0. The van der Waals surface area contributed by atoms with Gasteiger partial charge in [-0.2, -0.15) is 0 Å². The van der Waals surface area contributed by atoms with Gasteiger partial charge >= 0.3 is 0 Å². The summed E-state index contributed by atoms with van der Waals surface area (Å²) < 4.78 is 5.93. The largest absolute Gasteiger partial charge is 0.549 e. The Labute approximate surface area is 115 Å². The minimum Gasteiger partial charge on any atom is -0.549 e. The molecular formula is C15H32O2Si. The number of rotatable bonds is 8. The quantitative estimate of drug-likeness (QED) is 0.505. The van der Waals surface area contributed by atoms with Gasteiger partial charge in [0.2, 0.25) is 8.32 Å². The number of aliphatic hydroxyl groups is 1. The Bertz CT molecular complexity index is 241. The summed E-state index contributed by atoms with van der Waals surface area (Å²) in [5, 5.41) is 9.95. The second-order valence-corrected chi connectivity index (χ2v) is 11.4. The van der Waals surface area contributed by atoms with Crippen molar-refractivity contribution in [1.82, 2.24) is 0 Å². The minimum absolute atomic E-state index is 0.150. The van der Waals surface area contributed by atoms with Crippen LogP contribution in [0.1, 0.15) is 59.8 Å². The molecule has 1 unspecified atom stereocenters. The fourth-order valence-electron chi connectivity index (χ4n) is 1.34. The van der Waals surface area contributed by atoms with Crippen molar-refractivity contribution in [1.29, 1.82) is 0 Å². The summed E-state index contributed by atoms with van der Waals surface area (Å²) in [6.45, 7) is 13.4. The second-order valence-electron chi connectivity index (χ2n) is 6.62. The van der Waals surface area contributed by atoms with Crippen molar-refractivity contribution in [3.63, 3.8) is 0 Å². The Morgan fingerprint density at radius 1 is 1.22 bits per heavy atom. The van der Waals surface area contributed by atoms with Crippen LogP contribution < -0.4 is 0 Å². The first kappa shape index (κ1) is 17.7. The zero-order chi connectivity index (χ0) is 14.2. The first-order chi connectivity index (χ1) is 8.20. The fourth-order valence-corrected chi connectivity index (χ4v) is 2.13. The van der Waals surface area contributed by atoms with Crippen LogP contribution in [-0.2, 0) is 4.43 Å². The van der Waals surface area contributed by atoms with Crippen LogP contribution in [0.5, 0.6) is 0 Å². The van der Waals surface area contributed by atoms with Crippen LogP contribution in [0.4, 0.5) is 0 Å². The fraction of sp³-hybridized carbons (Fsp3) is 0.867. The maximum Gasteiger partial charge on any atom is 0.249 e. The molecule has 2 nitrogen and oxygen atoms in total. The van der Waals surface area contributed by atoms with E-state index >= 15 is 0 Å². The zero-order valence-corrected chi connectivity index (χ0v) is 14.1. The highest BCUT2D eigenvalue weighted by atomic mass is 28.4. The average molecular weight is 273 g/mol. The summed E-state index contributed by atoms with van der Waals surface area (Å²) in [6.07, 6.45) is 8.69. The first-order valence-corrected chi connectivity index (χ1v) is 10.1. The Morgan fingerprint density at radius 3 is 2.33 bits per heavy atom. The lowest BCUT2D eigenvalue weighted by Gasteiger charge is -2.34. The predicted molar refractivity (Wildman–Crippen MR) is 82.2 cm³/mol. The summed E-state index contributed by atoms with van der Waals surface area (Å²) in [7, 11) is -1.65. The summed E-state index contributed by atoms with van der Waals surface area (Å²) in [5.74, 6) is 0. The zero-order valence-electron chi connectivity index (χ0n) is 13.1. The summed E-state index contributed by atoms with van der Waals surface area (Å²) in [5.41, 5.74) is 0. The molecule has 0 rings (SSSR count). The van der Waals surface area contributed by atoms with Gasteiger partial charge in [-0.3, -0.25) is 0 Å². The highest BCUT2D eigenvalue weighted by Gasteiger charge is 2.37. The Kier molecular flexibility index (Phi) is 7.88. The molecule has 0 radical (unpaired) electrons. The number of hydrogen-bond acceptors (Lipinski definition) is 2. The van der Waals surface area contributed by atoms with Crippen LogP contribution >= 0.6 is 0 Å². The molecule has 0 aliphatic carbocycles. The van der Waals surface area contributed by atoms with Crippen LogP contribution in [0.3, 0.4) is 0 Å². The molecule has 0 aromatic carbocycles. The van der Waals surface area contributed by atoms with Gasteiger partial charge in [-0.1, -0.05) is 46.6 Å². The number of allylic oxidation sites excluding steroid dienone is 1. The van der Waals surface area contributed by atoms with Crippen molar-refractivity contribution in [2.45, 2.75) is 84.0 Å². The van der Waals surface area contributed by atoms with Gasteiger partial charge in [0.1, 0.15) is 0 Å². The number of hydrogen-bond donors (Lipinski definition) is 1. The third-order valence-electron chi connectivity index (χ3n) is 3.82. The monoisotopic (exact) mass is 272 g/mol. The van der Waals surface area contributed by atoms with Crippen LogP contribution in [0, 0.1) is 0 Å². The molecular weight excluding hydrogens is 240 g/mol. The summed E-state index contributed by atoms with van der Waals surface area (Å²) in [6, 6.07) is 0. The summed E-state index contributed by atoms with van der Waals surface area (Å²) in [4.78, 5) is 0. The van der Waals surface area contributed by atoms with E-state index in [4.69, 9.17) is 4.43 Å². The smallest absolute Gasteiger partial charge is 0.249 e. The van der Waals surface area contributed by atoms with Crippen molar-refractivity contribution in [2.75, 3.05) is 0 Å². The van der Waals surface area contributed by atoms with Crippen LogP contribution in [0.15, 0.2) is 12.3 Å². The number of aliphatic hydroxyl groups excluding tert-OH is 1. The van der Waals surface area contributed by atoms with Gasteiger partial charge in [-0.15, -0.1) is 0 Å². The molecule has 1 atom stereocenters. The van der Waals surface area contributed by atoms with E-state index in [9.17, 15) is 5.11 Å². The molecule has 18 heavy (non-hydrogen) atoms. The Morgan fingerprint density at radius 2 is 1.83 bits per heavy atom. The van der Waals surface area contributed by atoms with Crippen molar-refractivity contribution in [3.05, 3.63) is 12.3 Å². The third kappa shape index (κ3) is 7.22. The van der Waals surface area contributed by atoms with E-state index in [1.807, 2.05) is 6.26 Å². The van der Waals surface area contributed by atoms with Crippen LogP contribution in [0.25, 0.3) is 0 Å². The van der Waals surface area contributed by atoms with Crippen molar-refractivity contribution in [2.24, 2.45) is 0 Å². The molecule has 0 saturated carbocycles. The molecule has 0 heterocycles. The molecule has 3 heteroatoms. The van der Waals surface area contributed by atoms with E-state index in [0.29, 0.717) is 0 Å². The molecule has 108 valence electrons. The van der Waals surface area contributed by atoms with E-state index in [1.165, 1.54) is 0 Å². The molecule has 0 bridgehead atoms. The first-order valence-electron chi connectivity index (χ1n) is 7.21. The predicted octanol–water partition coefficient (Wildman–Crippen LogP) is 4.85. The van der Waals surface area contributed by atoms with E-state index in [-0.39, 0.29) is 11.1 Å². The normalized spacial score (nSPS) is 15.1. The highest BCUT2D eigenvalue weighted by Crippen LogP contribution is 2.36. The third-order valence-corrected chi connectivity index (χ3v) is 8.16. The van der Waals surface area contributed by atoms with Crippen molar-refractivity contribution < 1.29 is 9.53 Å². The Hall–Kier alpha value is -0.283. The van der Waals surface area contributed by atoms with Crippen LogP contribution in [-0.4, -0.2) is 19.5 Å². The molecule has 0 aliphatic heterocycles. The molecule has 0 amide bonds. The minimum atomic E-state index is -1.65. The SMILES string of the molecule is CCCCC(O)CC/C=C/O[Si](C)(C)C(C)(C)C. The number of unbranched alkanes of at least 4 members (excludes halogenated alkanes) is 1. The van der Waals surface area contributed by atoms with E-state index in [0.717, 1.165) is 32.1 Å². The van der Waals surface area contributed by atoms with E-state index < -0.39 is 8.32 Å². The van der Waals surface area contributed by atoms with Crippen LogP contribution in [0.2, 0.25) is 18.1 Å². The molecule has 0 saturated heterocycles.